The Morgan fingerprint density at radius 3 is 1.25 bits per heavy atom. The standard InChI is InChI=1S/C22H26O2/c1-13-9-15(3)21(11-23)17(5)19(13)7-8-20-14(2)10-16(4)22(12-24)18(20)6/h9-12H,7-8H2,1-6H3. The van der Waals surface area contributed by atoms with Crippen molar-refractivity contribution in [3.63, 3.8) is 0 Å². The van der Waals surface area contributed by atoms with E-state index >= 15 is 0 Å². The molecule has 0 fully saturated rings. The van der Waals surface area contributed by atoms with Crippen molar-refractivity contribution in [2.24, 2.45) is 0 Å². The van der Waals surface area contributed by atoms with E-state index in [1.165, 1.54) is 22.3 Å². The van der Waals surface area contributed by atoms with Crippen LogP contribution < -0.4 is 0 Å². The Morgan fingerprint density at radius 1 is 0.625 bits per heavy atom. The molecule has 0 saturated heterocycles. The van der Waals surface area contributed by atoms with Gasteiger partial charge in [0.15, 0.2) is 12.6 Å². The Balaban J connectivity index is 2.43. The Kier molecular flexibility index (Phi) is 5.38. The van der Waals surface area contributed by atoms with Crippen LogP contribution in [-0.4, -0.2) is 12.6 Å². The van der Waals surface area contributed by atoms with Gasteiger partial charge in [-0.1, -0.05) is 12.1 Å². The maximum atomic E-state index is 11.4. The van der Waals surface area contributed by atoms with Gasteiger partial charge in [0, 0.05) is 11.1 Å². The Bertz CT molecular complexity index is 744. The number of benzene rings is 2. The van der Waals surface area contributed by atoms with Gasteiger partial charge in [0.2, 0.25) is 0 Å². The number of aldehydes is 2. The van der Waals surface area contributed by atoms with E-state index in [0.29, 0.717) is 0 Å². The lowest BCUT2D eigenvalue weighted by Gasteiger charge is -2.17. The molecule has 24 heavy (non-hydrogen) atoms. The largest absolute Gasteiger partial charge is 0.298 e. The highest BCUT2D eigenvalue weighted by atomic mass is 16.1. The van der Waals surface area contributed by atoms with Crippen LogP contribution in [0.4, 0.5) is 0 Å². The molecule has 2 nitrogen and oxygen atoms in total. The molecule has 0 aromatic heterocycles. The van der Waals surface area contributed by atoms with E-state index in [1.54, 1.807) is 0 Å². The second-order valence-corrected chi connectivity index (χ2v) is 6.79. The molecule has 0 aliphatic rings. The molecule has 0 unspecified atom stereocenters. The number of aryl methyl sites for hydroxylation is 4. The molecule has 2 rings (SSSR count). The minimum Gasteiger partial charge on any atom is -0.298 e. The fourth-order valence-electron chi connectivity index (χ4n) is 3.87. The predicted octanol–water partition coefficient (Wildman–Crippen LogP) is 4.95. The first-order chi connectivity index (χ1) is 11.3. The maximum absolute atomic E-state index is 11.4. The number of carbonyl (C=O) groups is 2. The maximum Gasteiger partial charge on any atom is 0.150 e. The zero-order chi connectivity index (χ0) is 18.0. The quantitative estimate of drug-likeness (QED) is 0.730. The van der Waals surface area contributed by atoms with Crippen LogP contribution in [0, 0.1) is 41.5 Å². The molecule has 0 spiro atoms. The van der Waals surface area contributed by atoms with E-state index in [4.69, 9.17) is 0 Å². The highest BCUT2D eigenvalue weighted by Gasteiger charge is 2.14. The lowest BCUT2D eigenvalue weighted by Crippen LogP contribution is -2.06. The number of rotatable bonds is 5. The van der Waals surface area contributed by atoms with Crippen molar-refractivity contribution in [2.45, 2.75) is 54.4 Å². The first-order valence-electron chi connectivity index (χ1n) is 8.41. The SMILES string of the molecule is Cc1cc(C)c(CCc2c(C)cc(C)c(C=O)c2C)c(C)c1C=O. The van der Waals surface area contributed by atoms with Crippen LogP contribution in [0.15, 0.2) is 12.1 Å². The smallest absolute Gasteiger partial charge is 0.150 e. The van der Waals surface area contributed by atoms with Gasteiger partial charge in [-0.2, -0.15) is 0 Å². The summed E-state index contributed by atoms with van der Waals surface area (Å²) in [5, 5.41) is 0. The van der Waals surface area contributed by atoms with Crippen LogP contribution in [0.5, 0.6) is 0 Å². The molecular weight excluding hydrogens is 296 g/mol. The highest BCUT2D eigenvalue weighted by Crippen LogP contribution is 2.26. The minimum atomic E-state index is 0.807. The van der Waals surface area contributed by atoms with Crippen LogP contribution in [0.3, 0.4) is 0 Å². The molecule has 0 saturated carbocycles. The average Bonchev–Trinajstić information content (AvgIpc) is 2.50. The second-order valence-electron chi connectivity index (χ2n) is 6.79. The second kappa shape index (κ2) is 7.12. The van der Waals surface area contributed by atoms with Gasteiger partial charge in [-0.05, 0) is 98.9 Å². The molecule has 0 bridgehead atoms. The van der Waals surface area contributed by atoms with Crippen LogP contribution in [0.1, 0.15) is 65.2 Å². The number of hydrogen-bond acceptors (Lipinski definition) is 2. The van der Waals surface area contributed by atoms with Gasteiger partial charge in [-0.15, -0.1) is 0 Å². The van der Waals surface area contributed by atoms with Gasteiger partial charge in [0.25, 0.3) is 0 Å². The van der Waals surface area contributed by atoms with Crippen molar-refractivity contribution in [3.8, 4) is 0 Å². The zero-order valence-electron chi connectivity index (χ0n) is 15.5. The van der Waals surface area contributed by atoms with Crippen molar-refractivity contribution in [3.05, 3.63) is 67.8 Å². The van der Waals surface area contributed by atoms with Gasteiger partial charge in [-0.25, -0.2) is 0 Å². The van der Waals surface area contributed by atoms with E-state index < -0.39 is 0 Å². The first kappa shape index (κ1) is 18.1. The molecule has 0 heterocycles. The van der Waals surface area contributed by atoms with Crippen molar-refractivity contribution >= 4 is 12.6 Å². The fourth-order valence-corrected chi connectivity index (χ4v) is 3.87. The van der Waals surface area contributed by atoms with Gasteiger partial charge >= 0.3 is 0 Å². The summed E-state index contributed by atoms with van der Waals surface area (Å²) in [5.74, 6) is 0. The first-order valence-corrected chi connectivity index (χ1v) is 8.41. The highest BCUT2D eigenvalue weighted by molar-refractivity contribution is 5.81. The van der Waals surface area contributed by atoms with Crippen LogP contribution in [-0.2, 0) is 12.8 Å². The topological polar surface area (TPSA) is 34.1 Å². The predicted molar refractivity (Wildman–Crippen MR) is 99.5 cm³/mol. The van der Waals surface area contributed by atoms with Crippen molar-refractivity contribution in [2.75, 3.05) is 0 Å². The molecule has 0 atom stereocenters. The van der Waals surface area contributed by atoms with E-state index in [-0.39, 0.29) is 0 Å². The number of carbonyl (C=O) groups excluding carboxylic acids is 2. The Labute approximate surface area is 144 Å². The number of hydrogen-bond donors (Lipinski definition) is 0. The van der Waals surface area contributed by atoms with E-state index in [0.717, 1.165) is 58.8 Å². The summed E-state index contributed by atoms with van der Waals surface area (Å²) in [5.41, 5.74) is 10.8. The normalized spacial score (nSPS) is 10.8. The minimum absolute atomic E-state index is 0.807. The van der Waals surface area contributed by atoms with E-state index in [9.17, 15) is 9.59 Å². The summed E-state index contributed by atoms with van der Waals surface area (Å²) in [6.45, 7) is 12.2. The molecule has 0 aliphatic heterocycles. The van der Waals surface area contributed by atoms with Crippen LogP contribution in [0.25, 0.3) is 0 Å². The summed E-state index contributed by atoms with van der Waals surface area (Å²) in [4.78, 5) is 22.8. The molecule has 0 radical (unpaired) electrons. The molecule has 0 aliphatic carbocycles. The fraction of sp³-hybridized carbons (Fsp3) is 0.364. The van der Waals surface area contributed by atoms with Crippen LogP contribution >= 0.6 is 0 Å². The monoisotopic (exact) mass is 322 g/mol. The Morgan fingerprint density at radius 2 is 0.958 bits per heavy atom. The average molecular weight is 322 g/mol. The molecule has 126 valence electrons. The van der Waals surface area contributed by atoms with E-state index in [1.807, 2.05) is 27.7 Å². The third-order valence-corrected chi connectivity index (χ3v) is 5.24. The lowest BCUT2D eigenvalue weighted by atomic mass is 9.87. The summed E-state index contributed by atoms with van der Waals surface area (Å²) >= 11 is 0. The Hall–Kier alpha value is -2.22. The van der Waals surface area contributed by atoms with Gasteiger partial charge in [0.05, 0.1) is 0 Å². The summed E-state index contributed by atoms with van der Waals surface area (Å²) in [6, 6.07) is 4.19. The molecule has 0 N–H and O–H groups in total. The van der Waals surface area contributed by atoms with Gasteiger partial charge < -0.3 is 0 Å². The molecule has 2 aromatic carbocycles. The van der Waals surface area contributed by atoms with Gasteiger partial charge in [0.1, 0.15) is 0 Å². The summed E-state index contributed by atoms with van der Waals surface area (Å²) < 4.78 is 0. The zero-order valence-corrected chi connectivity index (χ0v) is 15.5. The molecule has 2 heteroatoms. The van der Waals surface area contributed by atoms with Crippen molar-refractivity contribution in [1.82, 2.24) is 0 Å². The van der Waals surface area contributed by atoms with E-state index in [2.05, 4.69) is 26.0 Å². The third kappa shape index (κ3) is 3.19. The van der Waals surface area contributed by atoms with Crippen molar-refractivity contribution in [1.29, 1.82) is 0 Å². The molecule has 2 aromatic rings. The summed E-state index contributed by atoms with van der Waals surface area (Å²) in [7, 11) is 0. The summed E-state index contributed by atoms with van der Waals surface area (Å²) in [6.07, 6.45) is 3.67. The third-order valence-electron chi connectivity index (χ3n) is 5.24. The van der Waals surface area contributed by atoms with Gasteiger partial charge in [-0.3, -0.25) is 9.59 Å². The van der Waals surface area contributed by atoms with Crippen molar-refractivity contribution < 1.29 is 9.59 Å². The van der Waals surface area contributed by atoms with Crippen LogP contribution in [0.2, 0.25) is 0 Å². The molecular formula is C22H26O2. The molecule has 0 amide bonds. The lowest BCUT2D eigenvalue weighted by molar-refractivity contribution is 0.111.